The number of rotatable bonds is 6. The number of fused-ring (bicyclic) bond motifs is 1. The van der Waals surface area contributed by atoms with Crippen LogP contribution in [0.15, 0.2) is 6.07 Å². The molecular weight excluding hydrogens is 350 g/mol. The molecule has 150 valence electrons. The van der Waals surface area contributed by atoms with Crippen LogP contribution in [-0.2, 0) is 11.2 Å². The molecule has 3 nitrogen and oxygen atoms in total. The molecule has 1 aromatic rings. The van der Waals surface area contributed by atoms with Crippen LogP contribution in [0.4, 0.5) is 8.78 Å². The first kappa shape index (κ1) is 20.1. The van der Waals surface area contributed by atoms with Crippen molar-refractivity contribution in [3.05, 3.63) is 23.3 Å². The molecule has 1 heterocycles. The summed E-state index contributed by atoms with van der Waals surface area (Å²) in [5.74, 6) is -2.47. The molecule has 0 bridgehead atoms. The third-order valence-corrected chi connectivity index (χ3v) is 5.92. The average Bonchev–Trinajstić information content (AvgIpc) is 2.67. The SMILES string of the molecule is CCCC1CCC(C(=O)Oc2cc3c(c(F)c2F)OC(CCC)CC3)CC1. The van der Waals surface area contributed by atoms with Gasteiger partial charge in [-0.2, -0.15) is 8.78 Å². The van der Waals surface area contributed by atoms with Gasteiger partial charge in [0.2, 0.25) is 11.6 Å². The molecule has 1 aromatic carbocycles. The third-order valence-electron chi connectivity index (χ3n) is 5.92. The second kappa shape index (κ2) is 9.03. The maximum Gasteiger partial charge on any atom is 0.314 e. The molecule has 27 heavy (non-hydrogen) atoms. The van der Waals surface area contributed by atoms with Gasteiger partial charge in [0.15, 0.2) is 11.5 Å². The molecule has 1 atom stereocenters. The number of benzene rings is 1. The van der Waals surface area contributed by atoms with Gasteiger partial charge in [0.05, 0.1) is 12.0 Å². The topological polar surface area (TPSA) is 35.5 Å². The number of hydrogen-bond donors (Lipinski definition) is 0. The second-order valence-corrected chi connectivity index (χ2v) is 7.99. The van der Waals surface area contributed by atoms with E-state index < -0.39 is 17.6 Å². The summed E-state index contributed by atoms with van der Waals surface area (Å²) in [5.41, 5.74) is 0.579. The lowest BCUT2D eigenvalue weighted by Gasteiger charge is -2.28. The summed E-state index contributed by atoms with van der Waals surface area (Å²) in [6.45, 7) is 4.20. The number of carbonyl (C=O) groups is 1. The molecule has 1 unspecified atom stereocenters. The van der Waals surface area contributed by atoms with E-state index in [0.717, 1.165) is 51.4 Å². The summed E-state index contributed by atoms with van der Waals surface area (Å²) in [4.78, 5) is 12.5. The molecule has 1 saturated carbocycles. The second-order valence-electron chi connectivity index (χ2n) is 7.99. The number of halogens is 2. The Morgan fingerprint density at radius 3 is 2.44 bits per heavy atom. The van der Waals surface area contributed by atoms with Gasteiger partial charge in [0.25, 0.3) is 0 Å². The highest BCUT2D eigenvalue weighted by Gasteiger charge is 2.31. The van der Waals surface area contributed by atoms with Crippen LogP contribution in [0.3, 0.4) is 0 Å². The van der Waals surface area contributed by atoms with Crippen molar-refractivity contribution in [2.24, 2.45) is 11.8 Å². The summed E-state index contributed by atoms with van der Waals surface area (Å²) in [7, 11) is 0. The zero-order valence-corrected chi connectivity index (χ0v) is 16.4. The molecule has 0 amide bonds. The van der Waals surface area contributed by atoms with Gasteiger partial charge < -0.3 is 9.47 Å². The standard InChI is InChI=1S/C22H30F2O3/c1-3-5-14-7-9-15(10-8-14)22(25)27-18-13-16-11-12-17(6-4-2)26-21(16)20(24)19(18)23/h13-15,17H,3-12H2,1-2H3. The molecule has 0 spiro atoms. The Bertz CT molecular complexity index is 666. The average molecular weight is 380 g/mol. The molecule has 3 rings (SSSR count). The van der Waals surface area contributed by atoms with Gasteiger partial charge in [-0.25, -0.2) is 0 Å². The molecule has 1 aliphatic carbocycles. The molecule has 2 aliphatic rings. The van der Waals surface area contributed by atoms with Crippen molar-refractivity contribution >= 4 is 5.97 Å². The van der Waals surface area contributed by atoms with Crippen LogP contribution in [0.25, 0.3) is 0 Å². The van der Waals surface area contributed by atoms with Crippen molar-refractivity contribution in [3.8, 4) is 11.5 Å². The number of carbonyl (C=O) groups excluding carboxylic acids is 1. The first-order chi connectivity index (χ1) is 13.0. The minimum absolute atomic E-state index is 0.0166. The quantitative estimate of drug-likeness (QED) is 0.450. The summed E-state index contributed by atoms with van der Waals surface area (Å²) in [5, 5.41) is 0. The van der Waals surface area contributed by atoms with Gasteiger partial charge in [-0.05, 0) is 56.9 Å². The van der Waals surface area contributed by atoms with Crippen LogP contribution in [-0.4, -0.2) is 12.1 Å². The third kappa shape index (κ3) is 4.61. The van der Waals surface area contributed by atoms with E-state index in [9.17, 15) is 13.6 Å². The normalized spacial score (nSPS) is 24.8. The maximum atomic E-state index is 14.5. The Morgan fingerprint density at radius 2 is 1.78 bits per heavy atom. The number of aryl methyl sites for hydroxylation is 1. The summed E-state index contributed by atoms with van der Waals surface area (Å²) in [6, 6.07) is 1.44. The summed E-state index contributed by atoms with van der Waals surface area (Å²) in [6.07, 6.45) is 8.90. The molecule has 0 N–H and O–H groups in total. The largest absolute Gasteiger partial charge is 0.487 e. The predicted octanol–water partition coefficient (Wildman–Crippen LogP) is 5.97. The van der Waals surface area contributed by atoms with Crippen LogP contribution >= 0.6 is 0 Å². The first-order valence-corrected chi connectivity index (χ1v) is 10.4. The van der Waals surface area contributed by atoms with E-state index in [-0.39, 0.29) is 23.5 Å². The Balaban J connectivity index is 1.67. The van der Waals surface area contributed by atoms with Crippen LogP contribution in [0.5, 0.6) is 11.5 Å². The van der Waals surface area contributed by atoms with Gasteiger partial charge in [-0.15, -0.1) is 0 Å². The Kier molecular flexibility index (Phi) is 6.72. The predicted molar refractivity (Wildman–Crippen MR) is 100.0 cm³/mol. The van der Waals surface area contributed by atoms with E-state index in [1.54, 1.807) is 0 Å². The van der Waals surface area contributed by atoms with Crippen LogP contribution in [0, 0.1) is 23.5 Å². The fourth-order valence-electron chi connectivity index (χ4n) is 4.38. The molecule has 0 saturated heterocycles. The highest BCUT2D eigenvalue weighted by Crippen LogP contribution is 2.38. The molecule has 0 radical (unpaired) electrons. The summed E-state index contributed by atoms with van der Waals surface area (Å²) >= 11 is 0. The molecule has 0 aromatic heterocycles. The number of esters is 1. The van der Waals surface area contributed by atoms with Crippen molar-refractivity contribution in [2.75, 3.05) is 0 Å². The minimum Gasteiger partial charge on any atom is -0.487 e. The van der Waals surface area contributed by atoms with Crippen molar-refractivity contribution in [1.82, 2.24) is 0 Å². The van der Waals surface area contributed by atoms with Crippen LogP contribution < -0.4 is 9.47 Å². The summed E-state index contributed by atoms with van der Waals surface area (Å²) < 4.78 is 39.9. The molecule has 1 fully saturated rings. The lowest BCUT2D eigenvalue weighted by atomic mass is 9.80. The van der Waals surface area contributed by atoms with Gasteiger partial charge in [0.1, 0.15) is 0 Å². The van der Waals surface area contributed by atoms with Crippen molar-refractivity contribution in [1.29, 1.82) is 0 Å². The minimum atomic E-state index is -1.13. The van der Waals surface area contributed by atoms with Gasteiger partial charge in [0, 0.05) is 5.56 Å². The molecule has 1 aliphatic heterocycles. The Morgan fingerprint density at radius 1 is 1.07 bits per heavy atom. The maximum absolute atomic E-state index is 14.5. The molecular formula is C22H30F2O3. The Hall–Kier alpha value is -1.65. The first-order valence-electron chi connectivity index (χ1n) is 10.4. The highest BCUT2D eigenvalue weighted by atomic mass is 19.2. The highest BCUT2D eigenvalue weighted by molar-refractivity contribution is 5.75. The fraction of sp³-hybridized carbons (Fsp3) is 0.682. The van der Waals surface area contributed by atoms with E-state index in [0.29, 0.717) is 17.9 Å². The van der Waals surface area contributed by atoms with E-state index >= 15 is 0 Å². The fourth-order valence-corrected chi connectivity index (χ4v) is 4.38. The van der Waals surface area contributed by atoms with Crippen LogP contribution in [0.2, 0.25) is 0 Å². The van der Waals surface area contributed by atoms with Crippen molar-refractivity contribution < 1.29 is 23.0 Å². The van der Waals surface area contributed by atoms with Gasteiger partial charge >= 0.3 is 5.97 Å². The monoisotopic (exact) mass is 380 g/mol. The number of ether oxygens (including phenoxy) is 2. The Labute approximate surface area is 160 Å². The van der Waals surface area contributed by atoms with E-state index in [1.165, 1.54) is 12.5 Å². The smallest absolute Gasteiger partial charge is 0.314 e. The number of hydrogen-bond acceptors (Lipinski definition) is 3. The van der Waals surface area contributed by atoms with E-state index in [2.05, 4.69) is 6.92 Å². The van der Waals surface area contributed by atoms with Crippen molar-refractivity contribution in [2.45, 2.75) is 84.2 Å². The lowest BCUT2D eigenvalue weighted by Crippen LogP contribution is -2.27. The van der Waals surface area contributed by atoms with Crippen LogP contribution in [0.1, 0.15) is 77.2 Å². The molecule has 5 heteroatoms. The zero-order valence-electron chi connectivity index (χ0n) is 16.4. The zero-order chi connectivity index (χ0) is 19.4. The lowest BCUT2D eigenvalue weighted by molar-refractivity contribution is -0.140. The van der Waals surface area contributed by atoms with Gasteiger partial charge in [-0.1, -0.05) is 33.1 Å². The van der Waals surface area contributed by atoms with Crippen molar-refractivity contribution in [3.63, 3.8) is 0 Å². The van der Waals surface area contributed by atoms with Gasteiger partial charge in [-0.3, -0.25) is 4.79 Å². The van der Waals surface area contributed by atoms with E-state index in [1.807, 2.05) is 6.92 Å². The van der Waals surface area contributed by atoms with E-state index in [4.69, 9.17) is 9.47 Å².